The maximum absolute atomic E-state index is 11.8. The summed E-state index contributed by atoms with van der Waals surface area (Å²) in [5.41, 5.74) is 5.19. The summed E-state index contributed by atoms with van der Waals surface area (Å²) < 4.78 is 0. The van der Waals surface area contributed by atoms with Crippen LogP contribution >= 0.6 is 0 Å². The Morgan fingerprint density at radius 3 is 2.83 bits per heavy atom. The molecular formula is C14H27N3O. The van der Waals surface area contributed by atoms with E-state index in [2.05, 4.69) is 17.1 Å². The van der Waals surface area contributed by atoms with Crippen molar-refractivity contribution in [1.29, 1.82) is 0 Å². The normalized spacial score (nSPS) is 37.2. The van der Waals surface area contributed by atoms with Gasteiger partial charge in [-0.25, -0.2) is 0 Å². The summed E-state index contributed by atoms with van der Waals surface area (Å²) in [5, 5.41) is 3.22. The van der Waals surface area contributed by atoms with Crippen molar-refractivity contribution in [3.8, 4) is 0 Å². The molecule has 0 aromatic carbocycles. The Hall–Kier alpha value is -0.610. The van der Waals surface area contributed by atoms with Crippen molar-refractivity contribution in [1.82, 2.24) is 10.2 Å². The van der Waals surface area contributed by atoms with Gasteiger partial charge in [-0.05, 0) is 57.7 Å². The molecule has 0 radical (unpaired) electrons. The number of likely N-dealkylation sites (tertiary alicyclic amines) is 1. The molecule has 4 nitrogen and oxygen atoms in total. The topological polar surface area (TPSA) is 58.4 Å². The van der Waals surface area contributed by atoms with Gasteiger partial charge in [-0.3, -0.25) is 4.79 Å². The first-order valence-electron chi connectivity index (χ1n) is 7.29. The first-order valence-corrected chi connectivity index (χ1v) is 7.29. The molecule has 0 bridgehead atoms. The summed E-state index contributed by atoms with van der Waals surface area (Å²) in [6, 6.07) is 0. The predicted molar refractivity (Wildman–Crippen MR) is 73.2 cm³/mol. The van der Waals surface area contributed by atoms with E-state index in [0.717, 1.165) is 38.1 Å². The van der Waals surface area contributed by atoms with Crippen molar-refractivity contribution < 1.29 is 4.79 Å². The van der Waals surface area contributed by atoms with Crippen LogP contribution in [0.15, 0.2) is 0 Å². The van der Waals surface area contributed by atoms with Crippen molar-refractivity contribution in [2.45, 2.75) is 44.6 Å². The molecule has 104 valence electrons. The molecule has 2 aliphatic rings. The molecule has 1 saturated carbocycles. The Balaban J connectivity index is 1.89. The highest BCUT2D eigenvalue weighted by atomic mass is 16.1. The van der Waals surface area contributed by atoms with Crippen LogP contribution in [0.1, 0.15) is 39.0 Å². The van der Waals surface area contributed by atoms with Crippen molar-refractivity contribution in [2.75, 3.05) is 26.7 Å². The van der Waals surface area contributed by atoms with E-state index >= 15 is 0 Å². The minimum atomic E-state index is -0.439. The van der Waals surface area contributed by atoms with Gasteiger partial charge in [0.1, 0.15) is 5.54 Å². The third-order valence-electron chi connectivity index (χ3n) is 5.01. The molecule has 3 atom stereocenters. The largest absolute Gasteiger partial charge is 0.368 e. The van der Waals surface area contributed by atoms with E-state index in [1.165, 1.54) is 19.5 Å². The molecule has 3 unspecified atom stereocenters. The average molecular weight is 253 g/mol. The minimum Gasteiger partial charge on any atom is -0.368 e. The zero-order valence-electron chi connectivity index (χ0n) is 11.7. The van der Waals surface area contributed by atoms with Crippen LogP contribution in [0.3, 0.4) is 0 Å². The number of primary amides is 1. The van der Waals surface area contributed by atoms with E-state index in [4.69, 9.17) is 5.73 Å². The zero-order valence-corrected chi connectivity index (χ0v) is 11.7. The van der Waals surface area contributed by atoms with Gasteiger partial charge >= 0.3 is 0 Å². The van der Waals surface area contributed by atoms with Crippen LogP contribution in [0.25, 0.3) is 0 Å². The van der Waals surface area contributed by atoms with E-state index in [0.29, 0.717) is 5.92 Å². The van der Waals surface area contributed by atoms with Gasteiger partial charge in [-0.2, -0.15) is 0 Å². The fraction of sp³-hybridized carbons (Fsp3) is 0.929. The third kappa shape index (κ3) is 2.54. The number of carbonyl (C=O) groups is 1. The number of hydrogen-bond acceptors (Lipinski definition) is 3. The van der Waals surface area contributed by atoms with Gasteiger partial charge < -0.3 is 16.0 Å². The summed E-state index contributed by atoms with van der Waals surface area (Å²) in [5.74, 6) is 1.08. The highest BCUT2D eigenvalue weighted by molar-refractivity contribution is 5.85. The van der Waals surface area contributed by atoms with Crippen molar-refractivity contribution in [3.63, 3.8) is 0 Å². The Morgan fingerprint density at radius 2 is 2.28 bits per heavy atom. The molecule has 4 heteroatoms. The second-order valence-electron chi connectivity index (χ2n) is 6.16. The molecule has 18 heavy (non-hydrogen) atoms. The monoisotopic (exact) mass is 253 g/mol. The van der Waals surface area contributed by atoms with Gasteiger partial charge in [-0.1, -0.05) is 13.3 Å². The van der Waals surface area contributed by atoms with E-state index in [-0.39, 0.29) is 5.91 Å². The van der Waals surface area contributed by atoms with Crippen LogP contribution in [0, 0.1) is 11.8 Å². The van der Waals surface area contributed by atoms with Crippen molar-refractivity contribution in [3.05, 3.63) is 0 Å². The summed E-state index contributed by atoms with van der Waals surface area (Å²) in [4.78, 5) is 14.3. The lowest BCUT2D eigenvalue weighted by Gasteiger charge is -2.33. The van der Waals surface area contributed by atoms with E-state index in [1.54, 1.807) is 0 Å². The molecule has 3 N–H and O–H groups in total. The number of carbonyl (C=O) groups excluding carboxylic acids is 1. The van der Waals surface area contributed by atoms with Crippen LogP contribution in [-0.2, 0) is 4.79 Å². The molecule has 1 heterocycles. The van der Waals surface area contributed by atoms with Crippen LogP contribution < -0.4 is 11.1 Å². The summed E-state index contributed by atoms with van der Waals surface area (Å²) in [6.45, 7) is 5.87. The quantitative estimate of drug-likeness (QED) is 0.767. The first kappa shape index (κ1) is 13.8. The molecule has 0 spiro atoms. The fourth-order valence-electron chi connectivity index (χ4n) is 3.81. The Bertz CT molecular complexity index is 307. The number of nitrogens with one attached hydrogen (secondary N) is 1. The number of likely N-dealkylation sites (N-methyl/N-ethyl adjacent to an activating group) is 1. The van der Waals surface area contributed by atoms with Gasteiger partial charge in [0.05, 0.1) is 0 Å². The van der Waals surface area contributed by atoms with Gasteiger partial charge in [0.25, 0.3) is 0 Å². The number of nitrogens with zero attached hydrogens (tertiary/aromatic N) is 1. The SMILES string of the molecule is CNC1(C(N)=O)CCCC1CCN1CCC(C)C1. The molecule has 2 fully saturated rings. The van der Waals surface area contributed by atoms with Gasteiger partial charge in [0.15, 0.2) is 0 Å². The molecular weight excluding hydrogens is 226 g/mol. The number of nitrogens with two attached hydrogens (primary N) is 1. The van der Waals surface area contributed by atoms with Crippen molar-refractivity contribution >= 4 is 5.91 Å². The lowest BCUT2D eigenvalue weighted by atomic mass is 9.84. The average Bonchev–Trinajstić information content (AvgIpc) is 2.92. The van der Waals surface area contributed by atoms with Gasteiger partial charge in [0, 0.05) is 6.54 Å². The highest BCUT2D eigenvalue weighted by Crippen LogP contribution is 2.38. The molecule has 1 saturated heterocycles. The molecule has 1 aliphatic heterocycles. The lowest BCUT2D eigenvalue weighted by Crippen LogP contribution is -2.56. The zero-order chi connectivity index (χ0) is 13.2. The fourth-order valence-corrected chi connectivity index (χ4v) is 3.81. The Morgan fingerprint density at radius 1 is 1.50 bits per heavy atom. The van der Waals surface area contributed by atoms with Gasteiger partial charge in [-0.15, -0.1) is 0 Å². The van der Waals surface area contributed by atoms with Crippen LogP contribution in [0.4, 0.5) is 0 Å². The highest BCUT2D eigenvalue weighted by Gasteiger charge is 2.46. The lowest BCUT2D eigenvalue weighted by molar-refractivity contribution is -0.125. The van der Waals surface area contributed by atoms with E-state index < -0.39 is 5.54 Å². The summed E-state index contributed by atoms with van der Waals surface area (Å²) in [7, 11) is 1.88. The second kappa shape index (κ2) is 5.57. The number of amides is 1. The summed E-state index contributed by atoms with van der Waals surface area (Å²) in [6.07, 6.45) is 5.56. The molecule has 0 aromatic heterocycles. The molecule has 0 aromatic rings. The van der Waals surface area contributed by atoms with E-state index in [9.17, 15) is 4.79 Å². The first-order chi connectivity index (χ1) is 8.58. The number of rotatable bonds is 5. The Kier molecular flexibility index (Phi) is 4.28. The maximum atomic E-state index is 11.8. The third-order valence-corrected chi connectivity index (χ3v) is 5.01. The number of hydrogen-bond donors (Lipinski definition) is 2. The molecule has 1 aliphatic carbocycles. The maximum Gasteiger partial charge on any atom is 0.238 e. The Labute approximate surface area is 110 Å². The molecule has 2 rings (SSSR count). The van der Waals surface area contributed by atoms with Crippen LogP contribution in [-0.4, -0.2) is 43.0 Å². The van der Waals surface area contributed by atoms with Crippen LogP contribution in [0.5, 0.6) is 0 Å². The predicted octanol–water partition coefficient (Wildman–Crippen LogP) is 0.962. The van der Waals surface area contributed by atoms with Crippen LogP contribution in [0.2, 0.25) is 0 Å². The summed E-state index contributed by atoms with van der Waals surface area (Å²) >= 11 is 0. The molecule has 1 amide bonds. The van der Waals surface area contributed by atoms with Crippen molar-refractivity contribution in [2.24, 2.45) is 17.6 Å². The minimum absolute atomic E-state index is 0.165. The smallest absolute Gasteiger partial charge is 0.238 e. The standard InChI is InChI=1S/C14H27N3O/c1-11-5-8-17(10-11)9-6-12-4-3-7-14(12,16-2)13(15)18/h11-12,16H,3-10H2,1-2H3,(H2,15,18). The second-order valence-corrected chi connectivity index (χ2v) is 6.16. The van der Waals surface area contributed by atoms with E-state index in [1.807, 2.05) is 7.05 Å². The van der Waals surface area contributed by atoms with Gasteiger partial charge in [0.2, 0.25) is 5.91 Å².